The molecule has 0 spiro atoms. The molecule has 2 heterocycles. The van der Waals surface area contributed by atoms with Crippen LogP contribution in [-0.2, 0) is 16.2 Å². The summed E-state index contributed by atoms with van der Waals surface area (Å²) >= 11 is 1.33. The number of rotatable bonds is 8. The molecule has 1 atom stereocenters. The molecule has 8 nitrogen and oxygen atoms in total. The highest BCUT2D eigenvalue weighted by Gasteiger charge is 2.27. The quantitative estimate of drug-likeness (QED) is 0.498. The number of primary amides is 1. The number of nitrogens with zero attached hydrogens (tertiary/aromatic N) is 4. The number of aromatic nitrogens is 3. The van der Waals surface area contributed by atoms with Gasteiger partial charge in [-0.25, -0.2) is 0 Å². The summed E-state index contributed by atoms with van der Waals surface area (Å²) in [6, 6.07) is 15.8. The monoisotopic (exact) mass is 479 g/mol. The van der Waals surface area contributed by atoms with E-state index in [1.54, 1.807) is 4.90 Å². The molecule has 1 fully saturated rings. The van der Waals surface area contributed by atoms with E-state index in [0.29, 0.717) is 24.1 Å². The van der Waals surface area contributed by atoms with Crippen LogP contribution in [-0.4, -0.2) is 50.3 Å². The molecule has 1 aromatic heterocycles. The molecular weight excluding hydrogens is 450 g/mol. The van der Waals surface area contributed by atoms with E-state index in [-0.39, 0.29) is 30.1 Å². The maximum atomic E-state index is 12.9. The number of carbonyl (C=O) groups excluding carboxylic acids is 2. The van der Waals surface area contributed by atoms with Crippen molar-refractivity contribution in [2.45, 2.75) is 38.5 Å². The maximum absolute atomic E-state index is 12.9. The lowest BCUT2D eigenvalue weighted by atomic mass is 9.97. The minimum atomic E-state index is -0.345. The summed E-state index contributed by atoms with van der Waals surface area (Å²) < 4.78 is 8.06. The molecule has 9 heteroatoms. The van der Waals surface area contributed by atoms with Crippen molar-refractivity contribution < 1.29 is 14.3 Å². The molecule has 1 aliphatic heterocycles. The maximum Gasteiger partial charge on any atom is 0.233 e. The van der Waals surface area contributed by atoms with E-state index in [4.69, 9.17) is 10.5 Å². The van der Waals surface area contributed by atoms with E-state index in [1.165, 1.54) is 11.8 Å². The summed E-state index contributed by atoms with van der Waals surface area (Å²) in [5, 5.41) is 9.35. The largest absolute Gasteiger partial charge is 0.485 e. The first-order chi connectivity index (χ1) is 16.4. The SMILES string of the molecule is Cc1cccc(C)c1OCc1nnc(SCC(=O)N2CCCC(C(N)=O)C2)n1-c1ccccc1. The lowest BCUT2D eigenvalue weighted by molar-refractivity contribution is -0.132. The number of hydrogen-bond donors (Lipinski definition) is 1. The van der Waals surface area contributed by atoms with Crippen LogP contribution in [0.2, 0.25) is 0 Å². The van der Waals surface area contributed by atoms with E-state index in [1.807, 2.05) is 66.9 Å². The summed E-state index contributed by atoms with van der Waals surface area (Å²) in [6.45, 7) is 5.30. The van der Waals surface area contributed by atoms with Crippen LogP contribution in [0.4, 0.5) is 0 Å². The average molecular weight is 480 g/mol. The van der Waals surface area contributed by atoms with Gasteiger partial charge in [0.25, 0.3) is 0 Å². The van der Waals surface area contributed by atoms with E-state index < -0.39 is 0 Å². The molecule has 1 aliphatic rings. The van der Waals surface area contributed by atoms with Gasteiger partial charge in [-0.1, -0.05) is 48.2 Å². The van der Waals surface area contributed by atoms with Crippen LogP contribution in [0, 0.1) is 19.8 Å². The predicted octanol–water partition coefficient (Wildman–Crippen LogP) is 3.28. The third-order valence-electron chi connectivity index (χ3n) is 5.97. The molecule has 0 aliphatic carbocycles. The second kappa shape index (κ2) is 10.7. The number of aryl methyl sites for hydroxylation is 2. The van der Waals surface area contributed by atoms with Gasteiger partial charge in [0.15, 0.2) is 11.0 Å². The third kappa shape index (κ3) is 5.41. The second-order valence-electron chi connectivity index (χ2n) is 8.45. The number of likely N-dealkylation sites (tertiary alicyclic amines) is 1. The van der Waals surface area contributed by atoms with Gasteiger partial charge in [0, 0.05) is 18.8 Å². The normalized spacial score (nSPS) is 15.8. The van der Waals surface area contributed by atoms with Crippen LogP contribution in [0.15, 0.2) is 53.7 Å². The molecular formula is C25H29N5O3S. The standard InChI is InChI=1S/C25H29N5O3S/c1-17-8-6-9-18(2)23(17)33-15-21-27-28-25(30(21)20-11-4-3-5-12-20)34-16-22(31)29-13-7-10-19(14-29)24(26)32/h3-6,8-9,11-12,19H,7,10,13-16H2,1-2H3,(H2,26,32). The Morgan fingerprint density at radius 2 is 1.82 bits per heavy atom. The zero-order valence-electron chi connectivity index (χ0n) is 19.4. The number of nitrogens with two attached hydrogens (primary N) is 1. The van der Waals surface area contributed by atoms with Crippen LogP contribution in [0.3, 0.4) is 0 Å². The number of amides is 2. The van der Waals surface area contributed by atoms with Gasteiger partial charge in [-0.15, -0.1) is 10.2 Å². The molecule has 2 aromatic carbocycles. The van der Waals surface area contributed by atoms with Crippen molar-refractivity contribution in [3.63, 3.8) is 0 Å². The average Bonchev–Trinajstić information content (AvgIpc) is 3.25. The summed E-state index contributed by atoms with van der Waals surface area (Å²) in [5.41, 5.74) is 8.47. The third-order valence-corrected chi connectivity index (χ3v) is 6.88. The van der Waals surface area contributed by atoms with Crippen molar-refractivity contribution in [1.82, 2.24) is 19.7 Å². The lowest BCUT2D eigenvalue weighted by Gasteiger charge is -2.31. The Balaban J connectivity index is 1.51. The molecule has 1 saturated heterocycles. The Labute approximate surface area is 203 Å². The summed E-state index contributed by atoms with van der Waals surface area (Å²) in [4.78, 5) is 26.1. The fraction of sp³-hybridized carbons (Fsp3) is 0.360. The molecule has 2 amide bonds. The molecule has 0 radical (unpaired) electrons. The molecule has 0 bridgehead atoms. The highest BCUT2D eigenvalue weighted by Crippen LogP contribution is 2.27. The van der Waals surface area contributed by atoms with Crippen molar-refractivity contribution >= 4 is 23.6 Å². The Hall–Kier alpha value is -3.33. The van der Waals surface area contributed by atoms with Gasteiger partial charge in [0.1, 0.15) is 12.4 Å². The number of thioether (sulfide) groups is 1. The van der Waals surface area contributed by atoms with E-state index >= 15 is 0 Å². The van der Waals surface area contributed by atoms with Crippen LogP contribution in [0.5, 0.6) is 5.75 Å². The van der Waals surface area contributed by atoms with Gasteiger partial charge >= 0.3 is 0 Å². The highest BCUT2D eigenvalue weighted by atomic mass is 32.2. The zero-order valence-corrected chi connectivity index (χ0v) is 20.3. The fourth-order valence-corrected chi connectivity index (χ4v) is 5.01. The smallest absolute Gasteiger partial charge is 0.233 e. The highest BCUT2D eigenvalue weighted by molar-refractivity contribution is 7.99. The first-order valence-electron chi connectivity index (χ1n) is 11.3. The minimum Gasteiger partial charge on any atom is -0.485 e. The van der Waals surface area contributed by atoms with Crippen molar-refractivity contribution in [1.29, 1.82) is 0 Å². The number of para-hydroxylation sites is 2. The van der Waals surface area contributed by atoms with Gasteiger partial charge in [-0.3, -0.25) is 14.2 Å². The van der Waals surface area contributed by atoms with Gasteiger partial charge in [-0.05, 0) is 49.9 Å². The van der Waals surface area contributed by atoms with Crippen LogP contribution in [0.1, 0.15) is 29.8 Å². The Kier molecular flexibility index (Phi) is 7.52. The molecule has 2 N–H and O–H groups in total. The topological polar surface area (TPSA) is 103 Å². The molecule has 0 saturated carbocycles. The number of benzene rings is 2. The molecule has 34 heavy (non-hydrogen) atoms. The number of piperidine rings is 1. The molecule has 4 rings (SSSR count). The van der Waals surface area contributed by atoms with Crippen LogP contribution < -0.4 is 10.5 Å². The Morgan fingerprint density at radius 3 is 2.53 bits per heavy atom. The summed E-state index contributed by atoms with van der Waals surface area (Å²) in [7, 11) is 0. The van der Waals surface area contributed by atoms with Crippen molar-refractivity contribution in [2.24, 2.45) is 11.7 Å². The molecule has 3 aromatic rings. The van der Waals surface area contributed by atoms with E-state index in [0.717, 1.165) is 35.4 Å². The summed E-state index contributed by atoms with van der Waals surface area (Å²) in [6.07, 6.45) is 1.52. The Bertz CT molecular complexity index is 1140. The minimum absolute atomic E-state index is 0.0353. The van der Waals surface area contributed by atoms with E-state index in [2.05, 4.69) is 10.2 Å². The van der Waals surface area contributed by atoms with Crippen LogP contribution >= 0.6 is 11.8 Å². The zero-order chi connectivity index (χ0) is 24.1. The number of ether oxygens (including phenoxy) is 1. The van der Waals surface area contributed by atoms with Gasteiger partial charge in [-0.2, -0.15) is 0 Å². The second-order valence-corrected chi connectivity index (χ2v) is 9.39. The number of carbonyl (C=O) groups is 2. The van der Waals surface area contributed by atoms with Crippen molar-refractivity contribution in [2.75, 3.05) is 18.8 Å². The predicted molar refractivity (Wildman–Crippen MR) is 131 cm³/mol. The first kappa shape index (κ1) is 23.8. The van der Waals surface area contributed by atoms with Gasteiger partial charge < -0.3 is 15.4 Å². The first-order valence-corrected chi connectivity index (χ1v) is 12.3. The van der Waals surface area contributed by atoms with E-state index in [9.17, 15) is 9.59 Å². The van der Waals surface area contributed by atoms with Gasteiger partial charge in [0.05, 0.1) is 11.7 Å². The lowest BCUT2D eigenvalue weighted by Crippen LogP contribution is -2.44. The van der Waals surface area contributed by atoms with Crippen LogP contribution in [0.25, 0.3) is 5.69 Å². The fourth-order valence-electron chi connectivity index (χ4n) is 4.14. The Morgan fingerprint density at radius 1 is 1.09 bits per heavy atom. The van der Waals surface area contributed by atoms with Crippen molar-refractivity contribution in [3.05, 3.63) is 65.5 Å². The van der Waals surface area contributed by atoms with Gasteiger partial charge in [0.2, 0.25) is 11.8 Å². The molecule has 178 valence electrons. The van der Waals surface area contributed by atoms with Crippen molar-refractivity contribution in [3.8, 4) is 11.4 Å². The molecule has 1 unspecified atom stereocenters. The number of hydrogen-bond acceptors (Lipinski definition) is 6. The summed E-state index contributed by atoms with van der Waals surface area (Å²) in [5.74, 6) is 1.03.